The van der Waals surface area contributed by atoms with Gasteiger partial charge in [-0.15, -0.1) is 11.3 Å². The molecule has 0 aliphatic heterocycles. The third kappa shape index (κ3) is 5.11. The number of carbonyl (C=O) groups excluding carboxylic acids is 1. The Morgan fingerprint density at radius 2 is 2.08 bits per heavy atom. The summed E-state index contributed by atoms with van der Waals surface area (Å²) < 4.78 is 0. The molecule has 0 saturated heterocycles. The predicted octanol–water partition coefficient (Wildman–Crippen LogP) is 3.88. The summed E-state index contributed by atoms with van der Waals surface area (Å²) in [5.41, 5.74) is 4.77. The molecule has 0 aliphatic carbocycles. The van der Waals surface area contributed by atoms with Crippen molar-refractivity contribution >= 4 is 28.8 Å². The van der Waals surface area contributed by atoms with Crippen molar-refractivity contribution in [3.63, 3.8) is 0 Å². The molecular weight excluding hydrogens is 354 g/mol. The van der Waals surface area contributed by atoms with Crippen molar-refractivity contribution in [3.05, 3.63) is 81.5 Å². The van der Waals surface area contributed by atoms with Crippen LogP contribution in [0.25, 0.3) is 0 Å². The van der Waals surface area contributed by atoms with Crippen molar-refractivity contribution in [1.29, 1.82) is 0 Å². The monoisotopic (exact) mass is 371 g/mol. The van der Waals surface area contributed by atoms with Gasteiger partial charge in [0.25, 0.3) is 0 Å². The Morgan fingerprint density at radius 3 is 2.76 bits per heavy atom. The quantitative estimate of drug-likeness (QED) is 0.685. The summed E-state index contributed by atoms with van der Waals surface area (Å²) in [5, 5.41) is 5.69. The van der Waals surface area contributed by atoms with E-state index in [1.54, 1.807) is 29.2 Å². The molecule has 0 aliphatic rings. The van der Waals surface area contributed by atoms with E-state index in [2.05, 4.69) is 15.3 Å². The molecule has 0 bridgehead atoms. The van der Waals surface area contributed by atoms with Gasteiger partial charge in [-0.3, -0.25) is 9.78 Å². The van der Waals surface area contributed by atoms with Gasteiger partial charge in [0.2, 0.25) is 5.91 Å². The molecular formula is C19H18ClN3OS. The molecule has 3 rings (SSSR count). The number of pyridine rings is 1. The van der Waals surface area contributed by atoms with Gasteiger partial charge in [-0.1, -0.05) is 29.8 Å². The molecule has 6 heteroatoms. The Hall–Kier alpha value is -2.24. The maximum atomic E-state index is 12.8. The molecule has 4 nitrogen and oxygen atoms in total. The van der Waals surface area contributed by atoms with Gasteiger partial charge in [0.15, 0.2) is 0 Å². The van der Waals surface area contributed by atoms with Crippen molar-refractivity contribution in [1.82, 2.24) is 15.3 Å². The summed E-state index contributed by atoms with van der Waals surface area (Å²) in [6.45, 7) is 0.569. The van der Waals surface area contributed by atoms with E-state index in [1.165, 1.54) is 0 Å². The van der Waals surface area contributed by atoms with Crippen molar-refractivity contribution < 1.29 is 4.79 Å². The van der Waals surface area contributed by atoms with Gasteiger partial charge in [-0.2, -0.15) is 0 Å². The van der Waals surface area contributed by atoms with Crippen molar-refractivity contribution in [2.75, 3.05) is 6.54 Å². The highest BCUT2D eigenvalue weighted by atomic mass is 35.5. The molecule has 2 heterocycles. The lowest BCUT2D eigenvalue weighted by molar-refractivity contribution is -0.122. The zero-order valence-electron chi connectivity index (χ0n) is 13.6. The smallest absolute Gasteiger partial charge is 0.227 e. The lowest BCUT2D eigenvalue weighted by Gasteiger charge is -2.17. The van der Waals surface area contributed by atoms with Gasteiger partial charge in [0, 0.05) is 35.8 Å². The molecule has 1 unspecified atom stereocenters. The van der Waals surface area contributed by atoms with Crippen LogP contribution in [-0.4, -0.2) is 22.4 Å². The Kier molecular flexibility index (Phi) is 6.14. The van der Waals surface area contributed by atoms with Crippen LogP contribution in [0.5, 0.6) is 0 Å². The van der Waals surface area contributed by atoms with Crippen molar-refractivity contribution in [2.45, 2.75) is 18.8 Å². The average Bonchev–Trinajstić information content (AvgIpc) is 3.15. The summed E-state index contributed by atoms with van der Waals surface area (Å²) in [5.74, 6) is -0.279. The molecule has 1 aromatic carbocycles. The standard InChI is InChI=1S/C19H18ClN3OS/c20-16-5-3-15(4-6-16)18(10-14-2-1-8-21-11-14)19(24)22-9-7-17-12-25-13-23-17/h1-6,8,11-13,18H,7,9-10H2,(H,22,24). The molecule has 1 atom stereocenters. The zero-order chi connectivity index (χ0) is 17.5. The number of carbonyl (C=O) groups is 1. The minimum atomic E-state index is -0.281. The Bertz CT molecular complexity index is 791. The van der Waals surface area contributed by atoms with Crippen LogP contribution in [0.3, 0.4) is 0 Å². The third-order valence-electron chi connectivity index (χ3n) is 3.92. The fourth-order valence-electron chi connectivity index (χ4n) is 2.61. The number of rotatable bonds is 7. The van der Waals surface area contributed by atoms with Gasteiger partial charge in [-0.05, 0) is 35.7 Å². The summed E-state index contributed by atoms with van der Waals surface area (Å²) in [6.07, 6.45) is 4.85. The highest BCUT2D eigenvalue weighted by Gasteiger charge is 2.21. The molecule has 2 aromatic heterocycles. The minimum Gasteiger partial charge on any atom is -0.355 e. The first kappa shape index (κ1) is 17.6. The number of hydrogen-bond donors (Lipinski definition) is 1. The van der Waals surface area contributed by atoms with Gasteiger partial charge in [0.05, 0.1) is 17.1 Å². The Labute approximate surface area is 155 Å². The number of thiazole rings is 1. The molecule has 0 fully saturated rings. The average molecular weight is 372 g/mol. The molecule has 3 aromatic rings. The van der Waals surface area contributed by atoms with E-state index in [0.717, 1.165) is 23.2 Å². The highest BCUT2D eigenvalue weighted by Crippen LogP contribution is 2.23. The molecule has 0 saturated carbocycles. The van der Waals surface area contributed by atoms with Crippen molar-refractivity contribution in [3.8, 4) is 0 Å². The first-order chi connectivity index (χ1) is 12.2. The fraction of sp³-hybridized carbons (Fsp3) is 0.211. The Balaban J connectivity index is 1.70. The van der Waals surface area contributed by atoms with Crippen molar-refractivity contribution in [2.24, 2.45) is 0 Å². The van der Waals surface area contributed by atoms with Crippen LogP contribution >= 0.6 is 22.9 Å². The maximum absolute atomic E-state index is 12.8. The van der Waals surface area contributed by atoms with E-state index in [-0.39, 0.29) is 11.8 Å². The molecule has 1 N–H and O–H groups in total. The predicted molar refractivity (Wildman–Crippen MR) is 101 cm³/mol. The van der Waals surface area contributed by atoms with Crippen LogP contribution in [0.1, 0.15) is 22.7 Å². The maximum Gasteiger partial charge on any atom is 0.227 e. The third-order valence-corrected chi connectivity index (χ3v) is 4.80. The topological polar surface area (TPSA) is 54.9 Å². The lowest BCUT2D eigenvalue weighted by Crippen LogP contribution is -2.32. The number of nitrogens with one attached hydrogen (secondary N) is 1. The second-order valence-electron chi connectivity index (χ2n) is 5.69. The molecule has 0 radical (unpaired) electrons. The van der Waals surface area contributed by atoms with E-state index in [0.29, 0.717) is 18.0 Å². The number of nitrogens with zero attached hydrogens (tertiary/aromatic N) is 2. The van der Waals surface area contributed by atoms with Gasteiger partial charge >= 0.3 is 0 Å². The van der Waals surface area contributed by atoms with E-state index >= 15 is 0 Å². The minimum absolute atomic E-state index is 0.00130. The Morgan fingerprint density at radius 1 is 1.24 bits per heavy atom. The van der Waals surface area contributed by atoms with Gasteiger partial charge < -0.3 is 5.32 Å². The summed E-state index contributed by atoms with van der Waals surface area (Å²) in [6, 6.07) is 11.3. The number of halogens is 1. The number of hydrogen-bond acceptors (Lipinski definition) is 4. The SMILES string of the molecule is O=C(NCCc1cscn1)C(Cc1cccnc1)c1ccc(Cl)cc1. The normalized spacial score (nSPS) is 11.9. The zero-order valence-corrected chi connectivity index (χ0v) is 15.1. The molecule has 25 heavy (non-hydrogen) atoms. The van der Waals surface area contributed by atoms with Crippen LogP contribution in [-0.2, 0) is 17.6 Å². The molecule has 1 amide bonds. The first-order valence-electron chi connectivity index (χ1n) is 8.01. The summed E-state index contributed by atoms with van der Waals surface area (Å²) in [7, 11) is 0. The fourth-order valence-corrected chi connectivity index (χ4v) is 3.33. The van der Waals surface area contributed by atoms with Gasteiger partial charge in [0.1, 0.15) is 0 Å². The van der Waals surface area contributed by atoms with Crippen LogP contribution in [0.15, 0.2) is 59.7 Å². The van der Waals surface area contributed by atoms with Crippen LogP contribution in [0.2, 0.25) is 5.02 Å². The van der Waals surface area contributed by atoms with Crippen LogP contribution in [0.4, 0.5) is 0 Å². The van der Waals surface area contributed by atoms with Gasteiger partial charge in [-0.25, -0.2) is 4.98 Å². The largest absolute Gasteiger partial charge is 0.355 e. The van der Waals surface area contributed by atoms with Crippen LogP contribution < -0.4 is 5.32 Å². The molecule has 128 valence electrons. The summed E-state index contributed by atoms with van der Waals surface area (Å²) >= 11 is 7.54. The van der Waals surface area contributed by atoms with E-state index in [9.17, 15) is 4.79 Å². The number of amides is 1. The van der Waals surface area contributed by atoms with E-state index in [1.807, 2.05) is 41.8 Å². The lowest BCUT2D eigenvalue weighted by atomic mass is 9.91. The van der Waals surface area contributed by atoms with Crippen LogP contribution in [0, 0.1) is 0 Å². The second-order valence-corrected chi connectivity index (χ2v) is 6.85. The molecule has 0 spiro atoms. The number of aromatic nitrogens is 2. The van der Waals surface area contributed by atoms with E-state index < -0.39 is 0 Å². The highest BCUT2D eigenvalue weighted by molar-refractivity contribution is 7.07. The summed E-state index contributed by atoms with van der Waals surface area (Å²) in [4.78, 5) is 21.2. The van der Waals surface area contributed by atoms with E-state index in [4.69, 9.17) is 11.6 Å². The second kappa shape index (κ2) is 8.74. The number of benzene rings is 1. The first-order valence-corrected chi connectivity index (χ1v) is 9.33.